The fraction of sp³-hybridized carbons (Fsp3) is 0.462. The molecule has 4 nitrogen and oxygen atoms in total. The Bertz CT molecular complexity index is 446. The first kappa shape index (κ1) is 14.4. The van der Waals surface area contributed by atoms with Crippen molar-refractivity contribution < 1.29 is 19.0 Å². The van der Waals surface area contributed by atoms with Crippen molar-refractivity contribution in [3.63, 3.8) is 0 Å². The maximum absolute atomic E-state index is 13.7. The van der Waals surface area contributed by atoms with E-state index >= 15 is 0 Å². The van der Waals surface area contributed by atoms with Gasteiger partial charge in [0.05, 0.1) is 6.10 Å². The lowest BCUT2D eigenvalue weighted by Gasteiger charge is -2.24. The number of aryl methyl sites for hydroxylation is 1. The molecule has 0 aliphatic heterocycles. The summed E-state index contributed by atoms with van der Waals surface area (Å²) in [6.45, 7) is 4.70. The lowest BCUT2D eigenvalue weighted by Crippen LogP contribution is -2.47. The first-order valence-corrected chi connectivity index (χ1v) is 5.68. The highest BCUT2D eigenvalue weighted by molar-refractivity contribution is 5.77. The summed E-state index contributed by atoms with van der Waals surface area (Å²) in [5.41, 5.74) is 4.70. The molecule has 18 heavy (non-hydrogen) atoms. The maximum atomic E-state index is 13.7. The van der Waals surface area contributed by atoms with Gasteiger partial charge in [0.15, 0.2) is 11.6 Å². The number of hydrogen-bond donors (Lipinski definition) is 2. The van der Waals surface area contributed by atoms with E-state index in [9.17, 15) is 9.18 Å². The van der Waals surface area contributed by atoms with Crippen molar-refractivity contribution in [2.24, 2.45) is 5.73 Å². The number of nitrogens with two attached hydrogens (primary N) is 1. The molecule has 0 spiro atoms. The number of halogens is 1. The van der Waals surface area contributed by atoms with Crippen molar-refractivity contribution in [3.8, 4) is 5.75 Å². The van der Waals surface area contributed by atoms with Gasteiger partial charge < -0.3 is 15.6 Å². The molecule has 0 aliphatic rings. The Morgan fingerprint density at radius 1 is 1.61 bits per heavy atom. The summed E-state index contributed by atoms with van der Waals surface area (Å²) in [5.74, 6) is -1.43. The predicted molar refractivity (Wildman–Crippen MR) is 66.1 cm³/mol. The van der Waals surface area contributed by atoms with Crippen molar-refractivity contribution >= 4 is 5.97 Å². The lowest BCUT2D eigenvalue weighted by atomic mass is 9.96. The van der Waals surface area contributed by atoms with Gasteiger partial charge in [0.25, 0.3) is 0 Å². The lowest BCUT2D eigenvalue weighted by molar-refractivity contribution is -0.143. The minimum absolute atomic E-state index is 0.0930. The van der Waals surface area contributed by atoms with Crippen LogP contribution in [-0.4, -0.2) is 22.7 Å². The van der Waals surface area contributed by atoms with E-state index in [-0.39, 0.29) is 12.2 Å². The molecule has 2 atom stereocenters. The van der Waals surface area contributed by atoms with Gasteiger partial charge in [-0.2, -0.15) is 0 Å². The smallest absolute Gasteiger partial charge is 0.323 e. The molecule has 0 fully saturated rings. The molecule has 0 saturated heterocycles. The highest BCUT2D eigenvalue weighted by Gasteiger charge is 2.31. The van der Waals surface area contributed by atoms with E-state index in [0.717, 1.165) is 0 Å². The van der Waals surface area contributed by atoms with E-state index in [1.54, 1.807) is 26.0 Å². The van der Waals surface area contributed by atoms with Crippen LogP contribution in [0.25, 0.3) is 0 Å². The highest BCUT2D eigenvalue weighted by atomic mass is 19.1. The van der Waals surface area contributed by atoms with E-state index in [1.165, 1.54) is 13.0 Å². The molecule has 1 rings (SSSR count). The zero-order valence-electron chi connectivity index (χ0n) is 10.7. The number of ether oxygens (including phenoxy) is 1. The Labute approximate surface area is 106 Å². The summed E-state index contributed by atoms with van der Waals surface area (Å²) in [7, 11) is 0. The van der Waals surface area contributed by atoms with Crippen LogP contribution in [0.15, 0.2) is 18.2 Å². The van der Waals surface area contributed by atoms with Crippen LogP contribution in [0.2, 0.25) is 0 Å². The van der Waals surface area contributed by atoms with Gasteiger partial charge in [0, 0.05) is 6.42 Å². The van der Waals surface area contributed by atoms with Crippen molar-refractivity contribution in [2.75, 3.05) is 0 Å². The topological polar surface area (TPSA) is 72.5 Å². The van der Waals surface area contributed by atoms with Gasteiger partial charge in [-0.05, 0) is 32.4 Å². The minimum atomic E-state index is -1.39. The van der Waals surface area contributed by atoms with Crippen LogP contribution in [0.4, 0.5) is 4.39 Å². The summed E-state index contributed by atoms with van der Waals surface area (Å²) in [6.07, 6.45) is -0.400. The number of carboxylic acid groups (broad SMARTS) is 1. The zero-order chi connectivity index (χ0) is 13.9. The Kier molecular flexibility index (Phi) is 4.29. The van der Waals surface area contributed by atoms with Gasteiger partial charge in [0.2, 0.25) is 0 Å². The summed E-state index contributed by atoms with van der Waals surface area (Å²) in [5, 5.41) is 8.90. The molecule has 2 unspecified atom stereocenters. The number of hydrogen-bond acceptors (Lipinski definition) is 3. The van der Waals surface area contributed by atoms with Crippen molar-refractivity contribution in [2.45, 2.75) is 38.8 Å². The van der Waals surface area contributed by atoms with E-state index in [0.29, 0.717) is 5.56 Å². The molecule has 5 heteroatoms. The van der Waals surface area contributed by atoms with E-state index in [2.05, 4.69) is 0 Å². The van der Waals surface area contributed by atoms with Crippen molar-refractivity contribution in [3.05, 3.63) is 29.6 Å². The van der Waals surface area contributed by atoms with Crippen molar-refractivity contribution in [1.82, 2.24) is 0 Å². The van der Waals surface area contributed by atoms with Crippen LogP contribution in [0.1, 0.15) is 25.8 Å². The average molecular weight is 255 g/mol. The third-order valence-electron chi connectivity index (χ3n) is 2.68. The molecule has 0 amide bonds. The van der Waals surface area contributed by atoms with Gasteiger partial charge in [-0.15, -0.1) is 0 Å². The quantitative estimate of drug-likeness (QED) is 0.845. The summed E-state index contributed by atoms with van der Waals surface area (Å²) < 4.78 is 19.1. The molecule has 100 valence electrons. The van der Waals surface area contributed by atoms with Gasteiger partial charge in [0.1, 0.15) is 5.54 Å². The summed E-state index contributed by atoms with van der Waals surface area (Å²) in [6, 6.07) is 4.82. The van der Waals surface area contributed by atoms with Crippen molar-refractivity contribution in [1.29, 1.82) is 0 Å². The van der Waals surface area contributed by atoms with Crippen LogP contribution < -0.4 is 10.5 Å². The van der Waals surface area contributed by atoms with Crippen LogP contribution in [0.3, 0.4) is 0 Å². The largest absolute Gasteiger partial charge is 0.488 e. The molecule has 0 heterocycles. The molecule has 0 bridgehead atoms. The highest BCUT2D eigenvalue weighted by Crippen LogP contribution is 2.22. The maximum Gasteiger partial charge on any atom is 0.323 e. The van der Waals surface area contributed by atoms with Gasteiger partial charge in [-0.3, -0.25) is 4.79 Å². The van der Waals surface area contributed by atoms with E-state index in [4.69, 9.17) is 15.6 Å². The zero-order valence-corrected chi connectivity index (χ0v) is 10.7. The molecule has 0 radical (unpaired) electrons. The molecular weight excluding hydrogens is 237 g/mol. The molecule has 1 aromatic carbocycles. The van der Waals surface area contributed by atoms with Gasteiger partial charge >= 0.3 is 5.97 Å². The molecule has 3 N–H and O–H groups in total. The third-order valence-corrected chi connectivity index (χ3v) is 2.68. The monoisotopic (exact) mass is 255 g/mol. The Balaban J connectivity index is 2.74. The number of carboxylic acids is 1. The molecular formula is C13H18FNO3. The minimum Gasteiger partial charge on any atom is -0.488 e. The first-order valence-electron chi connectivity index (χ1n) is 5.68. The van der Waals surface area contributed by atoms with Crippen LogP contribution >= 0.6 is 0 Å². The van der Waals surface area contributed by atoms with Gasteiger partial charge in [-0.1, -0.05) is 12.1 Å². The number of aliphatic carboxylic acids is 1. The second kappa shape index (κ2) is 5.35. The SMILES string of the molecule is Cc1cccc(OC(C)CC(C)(N)C(=O)O)c1F. The van der Waals surface area contributed by atoms with E-state index in [1.807, 2.05) is 0 Å². The summed E-state index contributed by atoms with van der Waals surface area (Å²) >= 11 is 0. The fourth-order valence-corrected chi connectivity index (χ4v) is 1.65. The molecule has 0 saturated carbocycles. The number of benzene rings is 1. The predicted octanol–water partition coefficient (Wildman–Crippen LogP) is 2.09. The Morgan fingerprint density at radius 3 is 2.78 bits per heavy atom. The van der Waals surface area contributed by atoms with E-state index < -0.39 is 23.4 Å². The third kappa shape index (κ3) is 3.43. The van der Waals surface area contributed by atoms with Crippen LogP contribution in [0, 0.1) is 12.7 Å². The standard InChI is InChI=1S/C13H18FNO3/c1-8-5-4-6-10(11(8)14)18-9(2)7-13(3,15)12(16)17/h4-6,9H,7,15H2,1-3H3,(H,16,17). The van der Waals surface area contributed by atoms with Crippen LogP contribution in [0.5, 0.6) is 5.75 Å². The summed E-state index contributed by atoms with van der Waals surface area (Å²) in [4.78, 5) is 10.9. The first-order chi connectivity index (χ1) is 8.24. The molecule has 0 aromatic heterocycles. The second-order valence-electron chi connectivity index (χ2n) is 4.74. The molecule has 1 aromatic rings. The van der Waals surface area contributed by atoms with Gasteiger partial charge in [-0.25, -0.2) is 4.39 Å². The Hall–Kier alpha value is -1.62. The van der Waals surface area contributed by atoms with Crippen LogP contribution in [-0.2, 0) is 4.79 Å². The fourth-order valence-electron chi connectivity index (χ4n) is 1.65. The number of carbonyl (C=O) groups is 1. The molecule has 0 aliphatic carbocycles. The normalized spacial score (nSPS) is 15.8. The Morgan fingerprint density at radius 2 is 2.22 bits per heavy atom. The number of rotatable bonds is 5. The second-order valence-corrected chi connectivity index (χ2v) is 4.74. The average Bonchev–Trinajstić information content (AvgIpc) is 2.23.